The molecule has 12 nitrogen and oxygen atoms in total. The number of aliphatic hydroxyl groups is 6. The van der Waals surface area contributed by atoms with E-state index < -0.39 is 65.9 Å². The van der Waals surface area contributed by atoms with Crippen molar-refractivity contribution in [2.45, 2.75) is 75.5 Å². The number of benzene rings is 2. The molecule has 3 aromatic rings. The molecular weight excluding hydrogens is 540 g/mol. The van der Waals surface area contributed by atoms with E-state index in [1.807, 2.05) is 0 Å². The van der Waals surface area contributed by atoms with Crippen LogP contribution in [0.1, 0.15) is 26.7 Å². The van der Waals surface area contributed by atoms with Crippen LogP contribution in [0.25, 0.3) is 22.3 Å². The maximum Gasteiger partial charge on any atom is 0.239 e. The molecular formula is C29H34O12. The van der Waals surface area contributed by atoms with E-state index in [4.69, 9.17) is 13.9 Å². The van der Waals surface area contributed by atoms with Crippen LogP contribution in [0.3, 0.4) is 0 Å². The lowest BCUT2D eigenvalue weighted by Crippen LogP contribution is -2.55. The van der Waals surface area contributed by atoms with Gasteiger partial charge in [0.1, 0.15) is 64.8 Å². The number of ether oxygens (including phenoxy) is 2. The summed E-state index contributed by atoms with van der Waals surface area (Å²) in [6.45, 7) is 3.36. The highest BCUT2D eigenvalue weighted by molar-refractivity contribution is 5.88. The molecule has 0 saturated heterocycles. The van der Waals surface area contributed by atoms with Crippen molar-refractivity contribution in [3.05, 3.63) is 46.6 Å². The highest BCUT2D eigenvalue weighted by Crippen LogP contribution is 2.39. The zero-order valence-corrected chi connectivity index (χ0v) is 22.4. The van der Waals surface area contributed by atoms with Gasteiger partial charge in [0.25, 0.3) is 0 Å². The Morgan fingerprint density at radius 2 is 1.27 bits per heavy atom. The second-order valence-electron chi connectivity index (χ2n) is 11.1. The topological polar surface area (TPSA) is 211 Å². The normalized spacial score (nSPS) is 34.0. The molecule has 10 unspecified atom stereocenters. The van der Waals surface area contributed by atoms with Crippen molar-refractivity contribution in [2.24, 2.45) is 11.8 Å². The van der Waals surface area contributed by atoms with Crippen LogP contribution in [-0.4, -0.2) is 89.7 Å². The molecule has 0 radical (unpaired) electrons. The minimum Gasteiger partial charge on any atom is -0.508 e. The van der Waals surface area contributed by atoms with Gasteiger partial charge in [0, 0.05) is 17.7 Å². The number of rotatable bonds is 5. The number of phenols is 2. The summed E-state index contributed by atoms with van der Waals surface area (Å²) in [4.78, 5) is 13.8. The molecule has 1 aromatic heterocycles. The third kappa shape index (κ3) is 5.34. The fourth-order valence-electron chi connectivity index (χ4n) is 5.61. The highest BCUT2D eigenvalue weighted by atomic mass is 16.5. The molecule has 0 spiro atoms. The van der Waals surface area contributed by atoms with E-state index in [0.29, 0.717) is 5.56 Å². The van der Waals surface area contributed by atoms with Gasteiger partial charge < -0.3 is 54.7 Å². The molecule has 8 N–H and O–H groups in total. The van der Waals surface area contributed by atoms with Crippen LogP contribution in [0.2, 0.25) is 0 Å². The fourth-order valence-corrected chi connectivity index (χ4v) is 5.61. The van der Waals surface area contributed by atoms with Crippen LogP contribution in [0, 0.1) is 11.8 Å². The van der Waals surface area contributed by atoms with E-state index in [1.165, 1.54) is 30.3 Å². The van der Waals surface area contributed by atoms with Gasteiger partial charge in [0.2, 0.25) is 11.2 Å². The largest absolute Gasteiger partial charge is 0.508 e. The Morgan fingerprint density at radius 3 is 1.83 bits per heavy atom. The number of hydrogen-bond donors (Lipinski definition) is 8. The Hall–Kier alpha value is -3.39. The Kier molecular flexibility index (Phi) is 7.90. The van der Waals surface area contributed by atoms with Crippen LogP contribution in [-0.2, 0) is 0 Å². The van der Waals surface area contributed by atoms with E-state index in [0.717, 1.165) is 6.07 Å². The predicted octanol–water partition coefficient (Wildman–Crippen LogP) is 0.611. The minimum atomic E-state index is -1.52. The SMILES string of the molecule is CC1CC(Oc2cc(O)c3c(=O)c(OC4CC(C)C(O)C(O)C4O)c(-c4ccc(O)cc4)oc3c2)C(O)C(O)C1O. The van der Waals surface area contributed by atoms with Gasteiger partial charge >= 0.3 is 0 Å². The number of hydrogen-bond acceptors (Lipinski definition) is 12. The number of fused-ring (bicyclic) bond motifs is 1. The van der Waals surface area contributed by atoms with E-state index >= 15 is 0 Å². The zero-order chi connectivity index (χ0) is 29.7. The average Bonchev–Trinajstić information content (AvgIpc) is 2.93. The van der Waals surface area contributed by atoms with Gasteiger partial charge in [-0.1, -0.05) is 13.8 Å². The molecule has 0 bridgehead atoms. The number of phenolic OH excluding ortho intramolecular Hbond substituents is 2. The lowest BCUT2D eigenvalue weighted by Gasteiger charge is -2.39. The Morgan fingerprint density at radius 1 is 0.732 bits per heavy atom. The predicted molar refractivity (Wildman–Crippen MR) is 144 cm³/mol. The summed E-state index contributed by atoms with van der Waals surface area (Å²) < 4.78 is 17.9. The monoisotopic (exact) mass is 574 g/mol. The van der Waals surface area contributed by atoms with E-state index in [-0.39, 0.29) is 52.7 Å². The van der Waals surface area contributed by atoms with Crippen molar-refractivity contribution in [3.8, 4) is 34.3 Å². The van der Waals surface area contributed by atoms with Crippen LogP contribution in [0.15, 0.2) is 45.6 Å². The summed E-state index contributed by atoms with van der Waals surface area (Å²) in [5.74, 6) is -1.85. The first-order valence-corrected chi connectivity index (χ1v) is 13.4. The minimum absolute atomic E-state index is 0.0250. The molecule has 12 heteroatoms. The molecule has 1 heterocycles. The number of aliphatic hydroxyl groups excluding tert-OH is 6. The third-order valence-electron chi connectivity index (χ3n) is 8.13. The second-order valence-corrected chi connectivity index (χ2v) is 11.1. The lowest BCUT2D eigenvalue weighted by atomic mass is 9.82. The van der Waals surface area contributed by atoms with Gasteiger partial charge in [-0.15, -0.1) is 0 Å². The first-order chi connectivity index (χ1) is 19.4. The van der Waals surface area contributed by atoms with Crippen LogP contribution in [0.4, 0.5) is 0 Å². The van der Waals surface area contributed by atoms with E-state index in [2.05, 4.69) is 0 Å². The van der Waals surface area contributed by atoms with Gasteiger partial charge in [-0.05, 0) is 48.9 Å². The van der Waals surface area contributed by atoms with E-state index in [1.54, 1.807) is 13.8 Å². The highest BCUT2D eigenvalue weighted by Gasteiger charge is 2.44. The van der Waals surface area contributed by atoms with Crippen molar-refractivity contribution < 1.29 is 54.7 Å². The maximum atomic E-state index is 13.8. The van der Waals surface area contributed by atoms with Crippen molar-refractivity contribution >= 4 is 11.0 Å². The summed E-state index contributed by atoms with van der Waals surface area (Å²) >= 11 is 0. The first kappa shape index (κ1) is 29.1. The molecule has 222 valence electrons. The van der Waals surface area contributed by atoms with Gasteiger partial charge in [-0.2, -0.15) is 0 Å². The second kappa shape index (κ2) is 11.1. The summed E-state index contributed by atoms with van der Waals surface area (Å²) in [6, 6.07) is 8.15. The van der Waals surface area contributed by atoms with Crippen molar-refractivity contribution in [1.82, 2.24) is 0 Å². The fraction of sp³-hybridized carbons (Fsp3) is 0.483. The summed E-state index contributed by atoms with van der Waals surface area (Å²) in [5, 5.41) is 82.0. The van der Waals surface area contributed by atoms with Crippen molar-refractivity contribution in [2.75, 3.05) is 0 Å². The first-order valence-electron chi connectivity index (χ1n) is 13.4. The molecule has 2 aliphatic carbocycles. The van der Waals surface area contributed by atoms with Crippen molar-refractivity contribution in [3.63, 3.8) is 0 Å². The quantitative estimate of drug-likeness (QED) is 0.211. The number of aromatic hydroxyl groups is 2. The molecule has 2 aliphatic rings. The molecule has 10 atom stereocenters. The van der Waals surface area contributed by atoms with Gasteiger partial charge in [0.15, 0.2) is 5.76 Å². The van der Waals surface area contributed by atoms with Crippen LogP contribution in [0.5, 0.6) is 23.0 Å². The lowest BCUT2D eigenvalue weighted by molar-refractivity contribution is -0.147. The molecule has 41 heavy (non-hydrogen) atoms. The molecule has 2 fully saturated rings. The Bertz CT molecular complexity index is 1450. The zero-order valence-electron chi connectivity index (χ0n) is 22.4. The molecule has 2 saturated carbocycles. The molecule has 0 amide bonds. The summed E-state index contributed by atoms with van der Waals surface area (Å²) in [6.07, 6.45) is -9.92. The summed E-state index contributed by atoms with van der Waals surface area (Å²) in [5.41, 5.74) is -0.578. The Labute approximate surface area is 234 Å². The summed E-state index contributed by atoms with van der Waals surface area (Å²) in [7, 11) is 0. The average molecular weight is 575 g/mol. The Balaban J connectivity index is 1.58. The molecule has 2 aromatic carbocycles. The van der Waals surface area contributed by atoms with E-state index in [9.17, 15) is 45.6 Å². The standard InChI is InChI=1S/C29H34O12/c1-11-7-18(23(34)26(37)21(11)32)39-15-9-16(31)20-17(10-15)40-28(13-3-5-14(30)6-4-13)29(25(20)36)41-19-8-12(2)22(33)27(38)24(19)35/h3-6,9-12,18-19,21-24,26-27,30-35,37-38H,7-8H2,1-2H3. The van der Waals surface area contributed by atoms with Gasteiger partial charge in [0.05, 0.1) is 12.2 Å². The molecule has 5 rings (SSSR count). The van der Waals surface area contributed by atoms with Crippen LogP contribution < -0.4 is 14.9 Å². The molecule has 0 aliphatic heterocycles. The van der Waals surface area contributed by atoms with Crippen molar-refractivity contribution in [1.29, 1.82) is 0 Å². The van der Waals surface area contributed by atoms with Gasteiger partial charge in [-0.3, -0.25) is 4.79 Å². The third-order valence-corrected chi connectivity index (χ3v) is 8.13. The van der Waals surface area contributed by atoms with Crippen LogP contribution >= 0.6 is 0 Å². The van der Waals surface area contributed by atoms with Gasteiger partial charge in [-0.25, -0.2) is 0 Å². The smallest absolute Gasteiger partial charge is 0.239 e. The maximum absolute atomic E-state index is 13.8.